The van der Waals surface area contributed by atoms with Crippen LogP contribution in [0.5, 0.6) is 5.75 Å². The number of benzene rings is 2. The van der Waals surface area contributed by atoms with Crippen molar-refractivity contribution in [1.29, 1.82) is 0 Å². The second kappa shape index (κ2) is 8.26. The minimum atomic E-state index is -4.53. The molecule has 1 aromatic heterocycles. The van der Waals surface area contributed by atoms with Crippen molar-refractivity contribution in [1.82, 2.24) is 9.78 Å². The Hall–Kier alpha value is -3.01. The number of alkyl halides is 3. The van der Waals surface area contributed by atoms with Gasteiger partial charge >= 0.3 is 6.18 Å². The molecule has 4 rings (SSSR count). The Kier molecular flexibility index (Phi) is 5.65. The predicted octanol–water partition coefficient (Wildman–Crippen LogP) is 5.57. The molecule has 6 nitrogen and oxygen atoms in total. The molecular weight excluding hydrogens is 477 g/mol. The molecule has 10 heteroatoms. The Bertz CT molecular complexity index is 1100. The average molecular weight is 495 g/mol. The Morgan fingerprint density at radius 3 is 2.68 bits per heavy atom. The third-order valence-electron chi connectivity index (χ3n) is 5.08. The van der Waals surface area contributed by atoms with Gasteiger partial charge in [-0.2, -0.15) is 18.3 Å². The van der Waals surface area contributed by atoms with Crippen LogP contribution < -0.4 is 15.4 Å². The lowest BCUT2D eigenvalue weighted by Gasteiger charge is -2.34. The normalized spacial score (nSPS) is 18.1. The molecule has 2 atom stereocenters. The number of rotatable bonds is 4. The molecule has 31 heavy (non-hydrogen) atoms. The summed E-state index contributed by atoms with van der Waals surface area (Å²) in [5.41, 5.74) is 1.17. The van der Waals surface area contributed by atoms with Crippen molar-refractivity contribution in [2.45, 2.75) is 24.7 Å². The number of fused-ring (bicyclic) bond motifs is 1. The zero-order valence-corrected chi connectivity index (χ0v) is 17.9. The zero-order valence-electron chi connectivity index (χ0n) is 16.3. The van der Waals surface area contributed by atoms with E-state index in [0.29, 0.717) is 17.0 Å². The van der Waals surface area contributed by atoms with E-state index < -0.39 is 24.2 Å². The summed E-state index contributed by atoms with van der Waals surface area (Å²) in [5.74, 6) is 0.00874. The fourth-order valence-electron chi connectivity index (χ4n) is 3.54. The lowest BCUT2D eigenvalue weighted by atomic mass is 9.96. The highest BCUT2D eigenvalue weighted by molar-refractivity contribution is 9.10. The molecule has 162 valence electrons. The van der Waals surface area contributed by atoms with Gasteiger partial charge in [0.05, 0.1) is 19.3 Å². The predicted molar refractivity (Wildman–Crippen MR) is 113 cm³/mol. The first-order valence-electron chi connectivity index (χ1n) is 9.38. The van der Waals surface area contributed by atoms with Gasteiger partial charge in [0.2, 0.25) is 0 Å². The van der Waals surface area contributed by atoms with Gasteiger partial charge < -0.3 is 15.4 Å². The van der Waals surface area contributed by atoms with Crippen LogP contribution in [0.1, 0.15) is 34.4 Å². The number of hydrogen-bond acceptors (Lipinski definition) is 4. The van der Waals surface area contributed by atoms with Gasteiger partial charge in [0.1, 0.15) is 17.1 Å². The van der Waals surface area contributed by atoms with Gasteiger partial charge in [0, 0.05) is 16.6 Å². The molecule has 1 aliphatic heterocycles. The molecule has 1 aliphatic rings. The molecule has 2 aromatic carbocycles. The highest BCUT2D eigenvalue weighted by Crippen LogP contribution is 2.44. The Balaban J connectivity index is 1.68. The maximum Gasteiger partial charge on any atom is 0.410 e. The van der Waals surface area contributed by atoms with E-state index in [1.807, 2.05) is 0 Å². The summed E-state index contributed by atoms with van der Waals surface area (Å²) >= 11 is 3.31. The third kappa shape index (κ3) is 4.39. The first kappa shape index (κ1) is 21.2. The zero-order chi connectivity index (χ0) is 22.2. The van der Waals surface area contributed by atoms with Crippen LogP contribution >= 0.6 is 15.9 Å². The molecule has 0 saturated heterocycles. The van der Waals surface area contributed by atoms with Gasteiger partial charge in [0.25, 0.3) is 5.91 Å². The number of carbonyl (C=O) groups is 1. The van der Waals surface area contributed by atoms with Crippen molar-refractivity contribution >= 4 is 33.3 Å². The molecule has 2 N–H and O–H groups in total. The van der Waals surface area contributed by atoms with Gasteiger partial charge in [0.15, 0.2) is 6.04 Å². The first-order chi connectivity index (χ1) is 14.8. The van der Waals surface area contributed by atoms with Crippen LogP contribution in [0.25, 0.3) is 0 Å². The number of hydrogen-bond donors (Lipinski definition) is 2. The summed E-state index contributed by atoms with van der Waals surface area (Å²) in [4.78, 5) is 12.8. The fraction of sp³-hybridized carbons (Fsp3) is 0.238. The molecule has 3 aromatic rings. The summed E-state index contributed by atoms with van der Waals surface area (Å²) in [5, 5.41) is 9.65. The van der Waals surface area contributed by atoms with E-state index in [1.54, 1.807) is 48.5 Å². The number of anilines is 2. The molecule has 2 heterocycles. The van der Waals surface area contributed by atoms with Crippen LogP contribution in [0, 0.1) is 0 Å². The topological polar surface area (TPSA) is 68.2 Å². The molecule has 0 fully saturated rings. The standard InChI is InChI=1S/C21H18BrF3N4O2/c1-31-15-4-2-3-12(9-15)17-10-18(21(23,24)25)29-19(28-17)16(11-26-29)20(30)27-14-7-5-13(22)6-8-14/h2-9,11,17-18,28H,10H2,1H3,(H,27,30). The highest BCUT2D eigenvalue weighted by Gasteiger charge is 2.47. The second-order valence-corrected chi connectivity index (χ2v) is 7.99. The Morgan fingerprint density at radius 2 is 2.00 bits per heavy atom. The first-order valence-corrected chi connectivity index (χ1v) is 10.2. The number of halogens is 4. The number of methoxy groups -OCH3 is 1. The van der Waals surface area contributed by atoms with Crippen LogP contribution in [0.15, 0.2) is 59.2 Å². The summed E-state index contributed by atoms with van der Waals surface area (Å²) < 4.78 is 48.4. The van der Waals surface area contributed by atoms with Gasteiger partial charge in [-0.3, -0.25) is 4.79 Å². The third-order valence-corrected chi connectivity index (χ3v) is 5.61. The molecular formula is C21H18BrF3N4O2. The molecule has 0 spiro atoms. The Labute approximate surface area is 184 Å². The van der Waals surface area contributed by atoms with E-state index in [4.69, 9.17) is 4.74 Å². The van der Waals surface area contributed by atoms with E-state index >= 15 is 0 Å². The number of nitrogens with one attached hydrogen (secondary N) is 2. The maximum absolute atomic E-state index is 13.8. The van der Waals surface area contributed by atoms with E-state index in [1.165, 1.54) is 7.11 Å². The van der Waals surface area contributed by atoms with Crippen LogP contribution in [0.4, 0.5) is 24.7 Å². The van der Waals surface area contributed by atoms with Crippen LogP contribution in [-0.4, -0.2) is 29.0 Å². The summed E-state index contributed by atoms with van der Waals surface area (Å²) in [6.07, 6.45) is -3.64. The molecule has 0 bridgehead atoms. The van der Waals surface area contributed by atoms with E-state index in [0.717, 1.165) is 15.4 Å². The second-order valence-electron chi connectivity index (χ2n) is 7.08. The monoisotopic (exact) mass is 494 g/mol. The quantitative estimate of drug-likeness (QED) is 0.497. The lowest BCUT2D eigenvalue weighted by molar-refractivity contribution is -0.173. The summed E-state index contributed by atoms with van der Waals surface area (Å²) in [6.45, 7) is 0. The number of nitrogens with zero attached hydrogens (tertiary/aromatic N) is 2. The van der Waals surface area contributed by atoms with Crippen molar-refractivity contribution in [3.63, 3.8) is 0 Å². The van der Waals surface area contributed by atoms with Crippen LogP contribution in [0.3, 0.4) is 0 Å². The molecule has 0 saturated carbocycles. The molecule has 1 amide bonds. The van der Waals surface area contributed by atoms with Gasteiger partial charge in [-0.05, 0) is 42.0 Å². The fourth-order valence-corrected chi connectivity index (χ4v) is 3.80. The van der Waals surface area contributed by atoms with Gasteiger partial charge in [-0.1, -0.05) is 28.1 Å². The van der Waals surface area contributed by atoms with Crippen molar-refractivity contribution in [2.75, 3.05) is 17.7 Å². The minimum absolute atomic E-state index is 0.0241. The van der Waals surface area contributed by atoms with E-state index in [2.05, 4.69) is 31.7 Å². The number of aromatic nitrogens is 2. The maximum atomic E-state index is 13.8. The van der Waals surface area contributed by atoms with E-state index in [-0.39, 0.29) is 17.8 Å². The molecule has 0 aliphatic carbocycles. The molecule has 0 radical (unpaired) electrons. The summed E-state index contributed by atoms with van der Waals surface area (Å²) in [7, 11) is 1.49. The highest BCUT2D eigenvalue weighted by atomic mass is 79.9. The van der Waals surface area contributed by atoms with Crippen molar-refractivity contribution in [3.8, 4) is 5.75 Å². The van der Waals surface area contributed by atoms with Gasteiger partial charge in [-0.25, -0.2) is 4.68 Å². The number of carbonyl (C=O) groups excluding carboxylic acids is 1. The largest absolute Gasteiger partial charge is 0.497 e. The van der Waals surface area contributed by atoms with E-state index in [9.17, 15) is 18.0 Å². The van der Waals surface area contributed by atoms with Crippen molar-refractivity contribution in [2.24, 2.45) is 0 Å². The average Bonchev–Trinajstić information content (AvgIpc) is 3.18. The Morgan fingerprint density at radius 1 is 1.26 bits per heavy atom. The summed E-state index contributed by atoms with van der Waals surface area (Å²) in [6, 6.07) is 11.2. The minimum Gasteiger partial charge on any atom is -0.497 e. The number of ether oxygens (including phenoxy) is 1. The van der Waals surface area contributed by atoms with Crippen LogP contribution in [0.2, 0.25) is 0 Å². The smallest absolute Gasteiger partial charge is 0.410 e. The molecule has 2 unspecified atom stereocenters. The lowest BCUT2D eigenvalue weighted by Crippen LogP contribution is -2.36. The number of amides is 1. The van der Waals surface area contributed by atoms with Crippen LogP contribution in [-0.2, 0) is 0 Å². The SMILES string of the molecule is COc1cccc(C2CC(C(F)(F)F)n3ncc(C(=O)Nc4ccc(Br)cc4)c3N2)c1. The van der Waals surface area contributed by atoms with Gasteiger partial charge in [-0.15, -0.1) is 0 Å². The van der Waals surface area contributed by atoms with Crippen molar-refractivity contribution < 1.29 is 22.7 Å². The van der Waals surface area contributed by atoms with Crippen molar-refractivity contribution in [3.05, 3.63) is 70.3 Å².